The average molecular weight is 320 g/mol. The number of nitrogens with zero attached hydrogens (tertiary/aromatic N) is 2. The van der Waals surface area contributed by atoms with Crippen molar-refractivity contribution in [2.75, 3.05) is 13.7 Å². The monoisotopic (exact) mass is 320 g/mol. The van der Waals surface area contributed by atoms with Crippen LogP contribution in [0.15, 0.2) is 59.1 Å². The maximum absolute atomic E-state index is 5.56. The molecule has 0 atom stereocenters. The molecule has 0 bridgehead atoms. The number of hydrogen-bond acceptors (Lipinski definition) is 4. The summed E-state index contributed by atoms with van der Waals surface area (Å²) in [5.41, 5.74) is 4.65. The molecule has 1 aliphatic rings. The summed E-state index contributed by atoms with van der Waals surface area (Å²) in [6, 6.07) is 18.5. The lowest BCUT2D eigenvalue weighted by atomic mass is 10.00. The highest BCUT2D eigenvalue weighted by Crippen LogP contribution is 2.29. The van der Waals surface area contributed by atoms with Crippen LogP contribution in [-0.4, -0.2) is 23.7 Å². The third-order valence-electron chi connectivity index (χ3n) is 4.53. The quantitative estimate of drug-likeness (QED) is 0.730. The van der Waals surface area contributed by atoms with Gasteiger partial charge in [-0.2, -0.15) is 0 Å². The van der Waals surface area contributed by atoms with E-state index in [2.05, 4.69) is 34.3 Å². The zero-order valence-electron chi connectivity index (χ0n) is 13.7. The molecule has 0 N–H and O–H groups in total. The smallest absolute Gasteiger partial charge is 0.151 e. The van der Waals surface area contributed by atoms with E-state index in [-0.39, 0.29) is 0 Å². The number of methoxy groups -OCH3 is 1. The number of aromatic nitrogens is 1. The summed E-state index contributed by atoms with van der Waals surface area (Å²) in [6.07, 6.45) is 1.09. The van der Waals surface area contributed by atoms with Crippen LogP contribution >= 0.6 is 0 Å². The third kappa shape index (κ3) is 2.93. The highest BCUT2D eigenvalue weighted by molar-refractivity contribution is 5.66. The minimum absolute atomic E-state index is 0.774. The van der Waals surface area contributed by atoms with Crippen molar-refractivity contribution in [3.05, 3.63) is 71.5 Å². The van der Waals surface area contributed by atoms with E-state index in [1.165, 1.54) is 11.1 Å². The molecule has 4 rings (SSSR count). The Kier molecular flexibility index (Phi) is 4.05. The zero-order chi connectivity index (χ0) is 16.4. The Morgan fingerprint density at radius 1 is 1.08 bits per heavy atom. The van der Waals surface area contributed by atoms with Crippen LogP contribution < -0.4 is 4.74 Å². The van der Waals surface area contributed by atoms with Gasteiger partial charge in [-0.1, -0.05) is 41.6 Å². The lowest BCUT2D eigenvalue weighted by molar-refractivity contribution is 0.215. The third-order valence-corrected chi connectivity index (χ3v) is 4.53. The summed E-state index contributed by atoms with van der Waals surface area (Å²) in [5, 5.41) is 4.22. The molecule has 0 spiro atoms. The van der Waals surface area contributed by atoms with Crippen molar-refractivity contribution in [2.45, 2.75) is 19.5 Å². The van der Waals surface area contributed by atoms with Crippen LogP contribution in [0.5, 0.6) is 5.75 Å². The summed E-state index contributed by atoms with van der Waals surface area (Å²) < 4.78 is 11.0. The fourth-order valence-corrected chi connectivity index (χ4v) is 3.28. The van der Waals surface area contributed by atoms with Crippen molar-refractivity contribution < 1.29 is 9.26 Å². The molecule has 1 aromatic heterocycles. The fraction of sp³-hybridized carbons (Fsp3) is 0.250. The molecule has 3 aromatic rings. The lowest BCUT2D eigenvalue weighted by Gasteiger charge is -2.27. The molecule has 4 heteroatoms. The van der Waals surface area contributed by atoms with Crippen LogP contribution in [0.3, 0.4) is 0 Å². The van der Waals surface area contributed by atoms with Crippen LogP contribution in [0, 0.1) is 0 Å². The van der Waals surface area contributed by atoms with Crippen molar-refractivity contribution >= 4 is 0 Å². The predicted molar refractivity (Wildman–Crippen MR) is 92.8 cm³/mol. The predicted octanol–water partition coefficient (Wildman–Crippen LogP) is 3.91. The van der Waals surface area contributed by atoms with Crippen LogP contribution in [0.25, 0.3) is 11.3 Å². The Morgan fingerprint density at radius 3 is 2.75 bits per heavy atom. The van der Waals surface area contributed by atoms with Crippen molar-refractivity contribution in [1.29, 1.82) is 0 Å². The SMILES string of the molecule is COc1ccccc1-c1cc(CN2CCc3ccccc3C2)on1. The highest BCUT2D eigenvalue weighted by Gasteiger charge is 2.18. The van der Waals surface area contributed by atoms with Crippen molar-refractivity contribution in [2.24, 2.45) is 0 Å². The molecule has 0 saturated carbocycles. The van der Waals surface area contributed by atoms with Gasteiger partial charge in [0.2, 0.25) is 0 Å². The number of fused-ring (bicyclic) bond motifs is 1. The summed E-state index contributed by atoms with van der Waals surface area (Å²) in [4.78, 5) is 2.40. The Balaban J connectivity index is 1.50. The first-order chi connectivity index (χ1) is 11.8. The Morgan fingerprint density at radius 2 is 1.88 bits per heavy atom. The van der Waals surface area contributed by atoms with Crippen molar-refractivity contribution in [3.8, 4) is 17.0 Å². The molecule has 24 heavy (non-hydrogen) atoms. The van der Waals surface area contributed by atoms with E-state index in [4.69, 9.17) is 9.26 Å². The van der Waals surface area contributed by atoms with Crippen molar-refractivity contribution in [3.63, 3.8) is 0 Å². The minimum Gasteiger partial charge on any atom is -0.496 e. The van der Waals surface area contributed by atoms with Crippen LogP contribution in [-0.2, 0) is 19.5 Å². The molecular formula is C20H20N2O2. The van der Waals surface area contributed by atoms with Crippen molar-refractivity contribution in [1.82, 2.24) is 10.1 Å². The second-order valence-corrected chi connectivity index (χ2v) is 6.11. The number of rotatable bonds is 4. The van der Waals surface area contributed by atoms with Gasteiger partial charge < -0.3 is 9.26 Å². The van der Waals surface area contributed by atoms with E-state index in [0.29, 0.717) is 0 Å². The van der Waals surface area contributed by atoms with Gasteiger partial charge in [-0.25, -0.2) is 0 Å². The van der Waals surface area contributed by atoms with Gasteiger partial charge in [0.1, 0.15) is 11.4 Å². The van der Waals surface area contributed by atoms with Gasteiger partial charge in [-0.3, -0.25) is 4.90 Å². The standard InChI is InChI=1S/C20H20N2O2/c1-23-20-9-5-4-8-18(20)19-12-17(24-21-19)14-22-11-10-15-6-2-3-7-16(15)13-22/h2-9,12H,10-11,13-14H2,1H3. The molecule has 4 nitrogen and oxygen atoms in total. The molecule has 0 fully saturated rings. The van der Waals surface area contributed by atoms with Gasteiger partial charge in [0, 0.05) is 24.7 Å². The van der Waals surface area contributed by atoms with E-state index >= 15 is 0 Å². The second kappa shape index (κ2) is 6.49. The fourth-order valence-electron chi connectivity index (χ4n) is 3.28. The van der Waals surface area contributed by atoms with Gasteiger partial charge in [0.25, 0.3) is 0 Å². The van der Waals surface area contributed by atoms with E-state index in [1.54, 1.807) is 7.11 Å². The molecule has 0 aliphatic carbocycles. The highest BCUT2D eigenvalue weighted by atomic mass is 16.5. The normalized spacial score (nSPS) is 14.4. The maximum Gasteiger partial charge on any atom is 0.151 e. The van der Waals surface area contributed by atoms with Gasteiger partial charge in [-0.05, 0) is 29.7 Å². The van der Waals surface area contributed by atoms with E-state index in [0.717, 1.165) is 48.8 Å². The van der Waals surface area contributed by atoms with Crippen LogP contribution in [0.4, 0.5) is 0 Å². The minimum atomic E-state index is 0.774. The number of hydrogen-bond donors (Lipinski definition) is 0. The van der Waals surface area contributed by atoms with Gasteiger partial charge in [0.05, 0.1) is 13.7 Å². The van der Waals surface area contributed by atoms with E-state index < -0.39 is 0 Å². The number of para-hydroxylation sites is 1. The summed E-state index contributed by atoms with van der Waals surface area (Å²) >= 11 is 0. The maximum atomic E-state index is 5.56. The van der Waals surface area contributed by atoms with Gasteiger partial charge in [0.15, 0.2) is 5.76 Å². The second-order valence-electron chi connectivity index (χ2n) is 6.11. The molecule has 1 aliphatic heterocycles. The summed E-state index contributed by atoms with van der Waals surface area (Å²) in [7, 11) is 1.67. The Hall–Kier alpha value is -2.59. The van der Waals surface area contributed by atoms with Gasteiger partial charge in [-0.15, -0.1) is 0 Å². The molecule has 122 valence electrons. The number of benzene rings is 2. The number of ether oxygens (including phenoxy) is 1. The molecular weight excluding hydrogens is 300 g/mol. The molecule has 0 radical (unpaired) electrons. The molecule has 2 heterocycles. The first kappa shape index (κ1) is 15.0. The van der Waals surface area contributed by atoms with E-state index in [1.807, 2.05) is 30.3 Å². The van der Waals surface area contributed by atoms with Crippen LogP contribution in [0.2, 0.25) is 0 Å². The van der Waals surface area contributed by atoms with E-state index in [9.17, 15) is 0 Å². The average Bonchev–Trinajstić information content (AvgIpc) is 3.10. The first-order valence-electron chi connectivity index (χ1n) is 8.21. The molecule has 0 amide bonds. The zero-order valence-corrected chi connectivity index (χ0v) is 13.7. The largest absolute Gasteiger partial charge is 0.496 e. The molecule has 0 unspecified atom stereocenters. The molecule has 2 aromatic carbocycles. The topological polar surface area (TPSA) is 38.5 Å². The Bertz CT molecular complexity index is 841. The first-order valence-corrected chi connectivity index (χ1v) is 8.21. The van der Waals surface area contributed by atoms with Crippen LogP contribution in [0.1, 0.15) is 16.9 Å². The summed E-state index contributed by atoms with van der Waals surface area (Å²) in [5.74, 6) is 1.69. The van der Waals surface area contributed by atoms with Gasteiger partial charge >= 0.3 is 0 Å². The summed E-state index contributed by atoms with van der Waals surface area (Å²) in [6.45, 7) is 2.78. The Labute approximate surface area is 141 Å². The molecule has 0 saturated heterocycles. The lowest BCUT2D eigenvalue weighted by Crippen LogP contribution is -2.29.